The molecule has 3 unspecified atom stereocenters. The normalized spacial score (nSPS) is 31.9. The molecule has 2 rings (SSSR count). The Labute approximate surface area is 116 Å². The molecule has 1 aliphatic heterocycles. The zero-order valence-electron chi connectivity index (χ0n) is 11.4. The van der Waals surface area contributed by atoms with Crippen LogP contribution in [0, 0.1) is 11.8 Å². The number of halogens is 1. The third-order valence-corrected chi connectivity index (χ3v) is 4.05. The highest BCUT2D eigenvalue weighted by molar-refractivity contribution is 5.85. The summed E-state index contributed by atoms with van der Waals surface area (Å²) in [5.41, 5.74) is 6.17. The van der Waals surface area contributed by atoms with E-state index in [9.17, 15) is 4.79 Å². The summed E-state index contributed by atoms with van der Waals surface area (Å²) in [6.45, 7) is 6.61. The van der Waals surface area contributed by atoms with Gasteiger partial charge in [-0.1, -0.05) is 6.42 Å². The van der Waals surface area contributed by atoms with Gasteiger partial charge < -0.3 is 11.1 Å². The van der Waals surface area contributed by atoms with Crippen LogP contribution in [0.1, 0.15) is 33.1 Å². The van der Waals surface area contributed by atoms with Gasteiger partial charge in [-0.25, -0.2) is 0 Å². The quantitative estimate of drug-likeness (QED) is 0.808. The average molecular weight is 276 g/mol. The van der Waals surface area contributed by atoms with Crippen LogP contribution in [0.25, 0.3) is 0 Å². The van der Waals surface area contributed by atoms with Gasteiger partial charge in [0.15, 0.2) is 0 Å². The van der Waals surface area contributed by atoms with Gasteiger partial charge in [0.2, 0.25) is 5.91 Å². The van der Waals surface area contributed by atoms with Crippen LogP contribution in [0.2, 0.25) is 0 Å². The number of carbonyl (C=O) groups excluding carboxylic acids is 1. The maximum Gasteiger partial charge on any atom is 0.234 e. The standard InChI is InChI=1S/C13H25N3O.ClH/c1-9(2)15-13(17)8-16-6-10-4-3-5-12(14)11(10)7-16;/h9-12H,3-8,14H2,1-2H3,(H,15,17);1H. The summed E-state index contributed by atoms with van der Waals surface area (Å²) in [6.07, 6.45) is 3.71. The van der Waals surface area contributed by atoms with Gasteiger partial charge in [-0.3, -0.25) is 9.69 Å². The summed E-state index contributed by atoms with van der Waals surface area (Å²) in [5, 5.41) is 2.95. The molecule has 2 aliphatic rings. The van der Waals surface area contributed by atoms with Crippen molar-refractivity contribution in [2.45, 2.75) is 45.2 Å². The van der Waals surface area contributed by atoms with E-state index in [2.05, 4.69) is 10.2 Å². The second-order valence-electron chi connectivity index (χ2n) is 5.93. The van der Waals surface area contributed by atoms with E-state index in [-0.39, 0.29) is 24.4 Å². The summed E-state index contributed by atoms with van der Waals surface area (Å²) in [7, 11) is 0. The molecule has 3 atom stereocenters. The molecule has 1 aliphatic carbocycles. The molecule has 0 aromatic heterocycles. The van der Waals surface area contributed by atoms with E-state index >= 15 is 0 Å². The van der Waals surface area contributed by atoms with E-state index in [4.69, 9.17) is 5.73 Å². The van der Waals surface area contributed by atoms with Crippen LogP contribution in [-0.4, -0.2) is 42.5 Å². The van der Waals surface area contributed by atoms with Crippen molar-refractivity contribution in [1.82, 2.24) is 10.2 Å². The lowest BCUT2D eigenvalue weighted by Crippen LogP contribution is -2.40. The van der Waals surface area contributed by atoms with Crippen molar-refractivity contribution in [3.63, 3.8) is 0 Å². The third kappa shape index (κ3) is 3.84. The van der Waals surface area contributed by atoms with Crippen molar-refractivity contribution in [3.05, 3.63) is 0 Å². The molecule has 3 N–H and O–H groups in total. The SMILES string of the molecule is CC(C)NC(=O)CN1CC2CCCC(N)C2C1.Cl. The number of nitrogens with zero attached hydrogens (tertiary/aromatic N) is 1. The summed E-state index contributed by atoms with van der Waals surface area (Å²) < 4.78 is 0. The van der Waals surface area contributed by atoms with Crippen LogP contribution in [0.15, 0.2) is 0 Å². The van der Waals surface area contributed by atoms with Crippen LogP contribution >= 0.6 is 12.4 Å². The van der Waals surface area contributed by atoms with Gasteiger partial charge in [0, 0.05) is 25.2 Å². The number of carbonyl (C=O) groups is 1. The highest BCUT2D eigenvalue weighted by Crippen LogP contribution is 2.35. The minimum atomic E-state index is 0. The monoisotopic (exact) mass is 275 g/mol. The molecule has 1 saturated carbocycles. The molecule has 4 nitrogen and oxygen atoms in total. The maximum atomic E-state index is 11.7. The zero-order valence-corrected chi connectivity index (χ0v) is 12.2. The third-order valence-electron chi connectivity index (χ3n) is 4.05. The van der Waals surface area contributed by atoms with E-state index < -0.39 is 0 Å². The molecule has 0 spiro atoms. The van der Waals surface area contributed by atoms with Gasteiger partial charge >= 0.3 is 0 Å². The first kappa shape index (κ1) is 15.7. The average Bonchev–Trinajstić information content (AvgIpc) is 2.60. The van der Waals surface area contributed by atoms with Crippen LogP contribution in [-0.2, 0) is 4.79 Å². The Balaban J connectivity index is 0.00000162. The molecule has 0 bridgehead atoms. The first-order valence-corrected chi connectivity index (χ1v) is 6.83. The second-order valence-corrected chi connectivity index (χ2v) is 5.93. The lowest BCUT2D eigenvalue weighted by Gasteiger charge is -2.29. The smallest absolute Gasteiger partial charge is 0.234 e. The van der Waals surface area contributed by atoms with E-state index in [1.165, 1.54) is 12.8 Å². The largest absolute Gasteiger partial charge is 0.353 e. The summed E-state index contributed by atoms with van der Waals surface area (Å²) in [6, 6.07) is 0.585. The highest BCUT2D eigenvalue weighted by Gasteiger charge is 2.38. The number of nitrogens with two attached hydrogens (primary N) is 1. The molecule has 2 fully saturated rings. The van der Waals surface area contributed by atoms with Crippen molar-refractivity contribution in [2.75, 3.05) is 19.6 Å². The summed E-state index contributed by atoms with van der Waals surface area (Å²) in [5.74, 6) is 1.49. The Morgan fingerprint density at radius 1 is 1.39 bits per heavy atom. The van der Waals surface area contributed by atoms with Crippen molar-refractivity contribution in [1.29, 1.82) is 0 Å². The number of hydrogen-bond acceptors (Lipinski definition) is 3. The fourth-order valence-electron chi connectivity index (χ4n) is 3.31. The number of nitrogens with one attached hydrogen (secondary N) is 1. The number of likely N-dealkylation sites (tertiary alicyclic amines) is 1. The zero-order chi connectivity index (χ0) is 12.4. The molecule has 0 aromatic rings. The number of fused-ring (bicyclic) bond motifs is 1. The molecule has 0 radical (unpaired) electrons. The number of hydrogen-bond donors (Lipinski definition) is 2. The van der Waals surface area contributed by atoms with Gasteiger partial charge in [-0.2, -0.15) is 0 Å². The first-order chi connectivity index (χ1) is 8.06. The van der Waals surface area contributed by atoms with Crippen LogP contribution < -0.4 is 11.1 Å². The molecule has 106 valence electrons. The minimum absolute atomic E-state index is 0. The fourth-order valence-corrected chi connectivity index (χ4v) is 3.31. The van der Waals surface area contributed by atoms with Gasteiger partial charge in [-0.15, -0.1) is 12.4 Å². The second kappa shape index (κ2) is 6.73. The molecular formula is C13H26ClN3O. The Morgan fingerprint density at radius 3 is 2.72 bits per heavy atom. The van der Waals surface area contributed by atoms with Crippen molar-refractivity contribution >= 4 is 18.3 Å². The molecular weight excluding hydrogens is 250 g/mol. The predicted octanol–water partition coefficient (Wildman–Crippen LogP) is 0.992. The van der Waals surface area contributed by atoms with Crippen molar-refractivity contribution in [3.8, 4) is 0 Å². The van der Waals surface area contributed by atoms with E-state index in [0.29, 0.717) is 18.5 Å². The molecule has 1 heterocycles. The molecule has 0 aromatic carbocycles. The van der Waals surface area contributed by atoms with E-state index in [1.807, 2.05) is 13.8 Å². The summed E-state index contributed by atoms with van der Waals surface area (Å²) >= 11 is 0. The Bertz CT molecular complexity index is 285. The van der Waals surface area contributed by atoms with Gasteiger partial charge in [-0.05, 0) is 38.5 Å². The van der Waals surface area contributed by atoms with E-state index in [0.717, 1.165) is 25.4 Å². The fraction of sp³-hybridized carbons (Fsp3) is 0.923. The topological polar surface area (TPSA) is 58.4 Å². The van der Waals surface area contributed by atoms with Crippen molar-refractivity contribution < 1.29 is 4.79 Å². The Kier molecular flexibility index (Phi) is 5.89. The van der Waals surface area contributed by atoms with Crippen molar-refractivity contribution in [2.24, 2.45) is 17.6 Å². The number of amides is 1. The van der Waals surface area contributed by atoms with Gasteiger partial charge in [0.25, 0.3) is 0 Å². The Hall–Kier alpha value is -0.320. The first-order valence-electron chi connectivity index (χ1n) is 6.83. The van der Waals surface area contributed by atoms with Gasteiger partial charge in [0.1, 0.15) is 0 Å². The lowest BCUT2D eigenvalue weighted by molar-refractivity contribution is -0.122. The molecule has 5 heteroatoms. The lowest BCUT2D eigenvalue weighted by atomic mass is 9.78. The Morgan fingerprint density at radius 2 is 2.11 bits per heavy atom. The minimum Gasteiger partial charge on any atom is -0.353 e. The maximum absolute atomic E-state index is 11.7. The summed E-state index contributed by atoms with van der Waals surface area (Å²) in [4.78, 5) is 14.0. The number of rotatable bonds is 3. The molecule has 1 saturated heterocycles. The van der Waals surface area contributed by atoms with Crippen LogP contribution in [0.4, 0.5) is 0 Å². The highest BCUT2D eigenvalue weighted by atomic mass is 35.5. The van der Waals surface area contributed by atoms with E-state index in [1.54, 1.807) is 0 Å². The molecule has 18 heavy (non-hydrogen) atoms. The van der Waals surface area contributed by atoms with Crippen LogP contribution in [0.5, 0.6) is 0 Å². The molecule has 1 amide bonds. The van der Waals surface area contributed by atoms with Gasteiger partial charge in [0.05, 0.1) is 6.54 Å². The predicted molar refractivity (Wildman–Crippen MR) is 75.8 cm³/mol. The van der Waals surface area contributed by atoms with Crippen LogP contribution in [0.3, 0.4) is 0 Å².